The lowest BCUT2D eigenvalue weighted by atomic mass is 9.87. The highest BCUT2D eigenvalue weighted by Crippen LogP contribution is 2.38. The summed E-state index contributed by atoms with van der Waals surface area (Å²) in [7, 11) is 0. The molecule has 2 aliphatic heterocycles. The van der Waals surface area contributed by atoms with Crippen LogP contribution >= 0.6 is 0 Å². The number of aliphatic hydroxyl groups is 1. The number of aliphatic hydroxyl groups excluding tert-OH is 1. The Bertz CT molecular complexity index is 192. The topological polar surface area (TPSA) is 72.6 Å². The summed E-state index contributed by atoms with van der Waals surface area (Å²) in [6.07, 6.45) is 0.528. The van der Waals surface area contributed by atoms with Gasteiger partial charge in [-0.15, -0.1) is 0 Å². The number of amides is 1. The van der Waals surface area contributed by atoms with Gasteiger partial charge < -0.3 is 15.6 Å². The molecule has 0 saturated carbocycles. The summed E-state index contributed by atoms with van der Waals surface area (Å²) < 4.78 is 5.31. The van der Waals surface area contributed by atoms with Crippen molar-refractivity contribution >= 4 is 5.91 Å². The molecule has 0 aromatic heterocycles. The summed E-state index contributed by atoms with van der Waals surface area (Å²) in [5, 5.41) is 9.24. The van der Waals surface area contributed by atoms with Crippen LogP contribution in [0.25, 0.3) is 0 Å². The highest BCUT2D eigenvalue weighted by Gasteiger charge is 2.48. The largest absolute Gasteiger partial charge is 0.390 e. The molecule has 2 aliphatic rings. The first-order valence-corrected chi connectivity index (χ1v) is 3.81. The molecule has 4 atom stereocenters. The fourth-order valence-electron chi connectivity index (χ4n) is 1.93. The van der Waals surface area contributed by atoms with Crippen LogP contribution in [0, 0.1) is 5.92 Å². The summed E-state index contributed by atoms with van der Waals surface area (Å²) in [6.45, 7) is 0. The van der Waals surface area contributed by atoms with E-state index < -0.39 is 0 Å². The lowest BCUT2D eigenvalue weighted by Gasteiger charge is -2.17. The Balaban J connectivity index is 2.08. The minimum Gasteiger partial charge on any atom is -0.390 e. The van der Waals surface area contributed by atoms with E-state index in [1.807, 2.05) is 0 Å². The van der Waals surface area contributed by atoms with Crippen molar-refractivity contribution < 1.29 is 14.6 Å². The maximum absolute atomic E-state index is 10.8. The Hall–Kier alpha value is -0.610. The number of primary amides is 1. The fraction of sp³-hybridized carbons (Fsp3) is 0.857. The van der Waals surface area contributed by atoms with Gasteiger partial charge in [0.2, 0.25) is 5.91 Å². The van der Waals surface area contributed by atoms with E-state index in [1.165, 1.54) is 0 Å². The van der Waals surface area contributed by atoms with E-state index in [-0.39, 0.29) is 30.1 Å². The maximum atomic E-state index is 10.8. The summed E-state index contributed by atoms with van der Waals surface area (Å²) in [6, 6.07) is 0. The van der Waals surface area contributed by atoms with Gasteiger partial charge in [0, 0.05) is 6.42 Å². The molecule has 2 bridgehead atoms. The molecular formula is C7H11NO3. The summed E-state index contributed by atoms with van der Waals surface area (Å²) in [4.78, 5) is 10.8. The van der Waals surface area contributed by atoms with Crippen LogP contribution < -0.4 is 5.73 Å². The molecule has 11 heavy (non-hydrogen) atoms. The van der Waals surface area contributed by atoms with Gasteiger partial charge in [-0.1, -0.05) is 0 Å². The standard InChI is InChI=1S/C7H11NO3/c8-7(10)3-1-6-4(9)2-5(3)11-6/h3-6,9H,1-2H2,(H2,8,10). The quantitative estimate of drug-likeness (QED) is 0.513. The molecule has 3 N–H and O–H groups in total. The third kappa shape index (κ3) is 0.937. The predicted molar refractivity (Wildman–Crippen MR) is 36.6 cm³/mol. The van der Waals surface area contributed by atoms with Gasteiger partial charge in [-0.3, -0.25) is 4.79 Å². The second kappa shape index (κ2) is 2.19. The van der Waals surface area contributed by atoms with Crippen LogP contribution in [0.5, 0.6) is 0 Å². The van der Waals surface area contributed by atoms with Crippen molar-refractivity contribution in [2.75, 3.05) is 0 Å². The molecule has 0 aromatic rings. The Kier molecular flexibility index (Phi) is 1.40. The molecule has 2 saturated heterocycles. The number of carbonyl (C=O) groups excluding carboxylic acids is 1. The average molecular weight is 157 g/mol. The minimum absolute atomic E-state index is 0.118. The monoisotopic (exact) mass is 157 g/mol. The van der Waals surface area contributed by atoms with Crippen LogP contribution in [-0.4, -0.2) is 29.3 Å². The van der Waals surface area contributed by atoms with E-state index in [0.717, 1.165) is 0 Å². The van der Waals surface area contributed by atoms with Crippen LogP contribution in [0.4, 0.5) is 0 Å². The zero-order valence-electron chi connectivity index (χ0n) is 6.06. The Morgan fingerprint density at radius 2 is 2.18 bits per heavy atom. The second-order valence-corrected chi connectivity index (χ2v) is 3.26. The second-order valence-electron chi connectivity index (χ2n) is 3.26. The highest BCUT2D eigenvalue weighted by molar-refractivity contribution is 5.77. The van der Waals surface area contributed by atoms with Crippen LogP contribution in [0.1, 0.15) is 12.8 Å². The van der Waals surface area contributed by atoms with Gasteiger partial charge in [-0.25, -0.2) is 0 Å². The minimum atomic E-state index is -0.379. The number of ether oxygens (including phenoxy) is 1. The number of hydrogen-bond acceptors (Lipinski definition) is 3. The van der Waals surface area contributed by atoms with Gasteiger partial charge >= 0.3 is 0 Å². The van der Waals surface area contributed by atoms with Gasteiger partial charge in [0.1, 0.15) is 0 Å². The van der Waals surface area contributed by atoms with Crippen molar-refractivity contribution in [1.29, 1.82) is 0 Å². The SMILES string of the molecule is NC(=O)C1CC2OC1CC2O. The summed E-state index contributed by atoms with van der Waals surface area (Å²) >= 11 is 0. The maximum Gasteiger partial charge on any atom is 0.223 e. The number of fused-ring (bicyclic) bond motifs is 2. The first-order chi connectivity index (χ1) is 5.18. The van der Waals surface area contributed by atoms with Crippen molar-refractivity contribution in [2.45, 2.75) is 31.2 Å². The van der Waals surface area contributed by atoms with E-state index in [2.05, 4.69) is 0 Å². The lowest BCUT2D eigenvalue weighted by molar-refractivity contribution is -0.123. The predicted octanol–water partition coefficient (Wildman–Crippen LogP) is -0.990. The molecule has 4 unspecified atom stereocenters. The Labute approximate surface area is 64.3 Å². The molecule has 1 amide bonds. The average Bonchev–Trinajstić information content (AvgIpc) is 2.43. The van der Waals surface area contributed by atoms with E-state index in [1.54, 1.807) is 0 Å². The van der Waals surface area contributed by atoms with E-state index in [9.17, 15) is 9.90 Å². The first-order valence-electron chi connectivity index (χ1n) is 3.81. The third-order valence-electron chi connectivity index (χ3n) is 2.55. The molecule has 4 heteroatoms. The van der Waals surface area contributed by atoms with Crippen LogP contribution in [0.15, 0.2) is 0 Å². The number of rotatable bonds is 1. The van der Waals surface area contributed by atoms with Crippen molar-refractivity contribution in [3.63, 3.8) is 0 Å². The van der Waals surface area contributed by atoms with E-state index in [0.29, 0.717) is 12.8 Å². The van der Waals surface area contributed by atoms with Crippen LogP contribution in [-0.2, 0) is 9.53 Å². The highest BCUT2D eigenvalue weighted by atomic mass is 16.5. The molecule has 4 nitrogen and oxygen atoms in total. The Morgan fingerprint density at radius 3 is 2.55 bits per heavy atom. The molecule has 62 valence electrons. The first kappa shape index (κ1) is 7.06. The molecule has 0 aromatic carbocycles. The molecule has 0 radical (unpaired) electrons. The zero-order valence-corrected chi connectivity index (χ0v) is 6.06. The molecule has 2 rings (SSSR count). The fourth-order valence-corrected chi connectivity index (χ4v) is 1.93. The summed E-state index contributed by atoms with van der Waals surface area (Å²) in [5.41, 5.74) is 5.13. The number of carbonyl (C=O) groups is 1. The third-order valence-corrected chi connectivity index (χ3v) is 2.55. The van der Waals surface area contributed by atoms with Gasteiger partial charge in [0.25, 0.3) is 0 Å². The smallest absolute Gasteiger partial charge is 0.223 e. The van der Waals surface area contributed by atoms with Crippen molar-refractivity contribution in [2.24, 2.45) is 11.7 Å². The number of nitrogens with two attached hydrogens (primary N) is 1. The van der Waals surface area contributed by atoms with Crippen molar-refractivity contribution in [1.82, 2.24) is 0 Å². The molecule has 2 fully saturated rings. The molecule has 2 heterocycles. The zero-order chi connectivity index (χ0) is 8.01. The normalized spacial score (nSPS) is 48.1. The van der Waals surface area contributed by atoms with Crippen LogP contribution in [0.3, 0.4) is 0 Å². The van der Waals surface area contributed by atoms with E-state index >= 15 is 0 Å². The van der Waals surface area contributed by atoms with E-state index in [4.69, 9.17) is 10.5 Å². The van der Waals surface area contributed by atoms with Gasteiger partial charge in [-0.2, -0.15) is 0 Å². The molecular weight excluding hydrogens is 146 g/mol. The van der Waals surface area contributed by atoms with Gasteiger partial charge in [0.15, 0.2) is 0 Å². The lowest BCUT2D eigenvalue weighted by Crippen LogP contribution is -2.35. The van der Waals surface area contributed by atoms with Gasteiger partial charge in [-0.05, 0) is 6.42 Å². The van der Waals surface area contributed by atoms with Crippen molar-refractivity contribution in [3.05, 3.63) is 0 Å². The Morgan fingerprint density at radius 1 is 1.45 bits per heavy atom. The van der Waals surface area contributed by atoms with Gasteiger partial charge in [0.05, 0.1) is 24.2 Å². The number of hydrogen-bond donors (Lipinski definition) is 2. The molecule has 0 spiro atoms. The van der Waals surface area contributed by atoms with Crippen LogP contribution in [0.2, 0.25) is 0 Å². The van der Waals surface area contributed by atoms with Crippen molar-refractivity contribution in [3.8, 4) is 0 Å². The summed E-state index contributed by atoms with van der Waals surface area (Å²) in [5.74, 6) is -0.465. The molecule has 0 aliphatic carbocycles.